The number of carbonyl (C=O) groups is 1. The third kappa shape index (κ3) is 15.4. The molecule has 1 fully saturated rings. The van der Waals surface area contributed by atoms with Crippen molar-refractivity contribution >= 4 is 5.91 Å². The minimum Gasteiger partial charge on any atom is -0.356 e. The number of amides is 1. The molecule has 0 aliphatic heterocycles. The summed E-state index contributed by atoms with van der Waals surface area (Å²) in [7, 11) is 6.59. The summed E-state index contributed by atoms with van der Waals surface area (Å²) in [5.41, 5.74) is 0. The predicted molar refractivity (Wildman–Crippen MR) is 122 cm³/mol. The van der Waals surface area contributed by atoms with E-state index in [1.807, 2.05) is 0 Å². The number of rotatable bonds is 19. The molecule has 1 rings (SSSR count). The van der Waals surface area contributed by atoms with Crippen molar-refractivity contribution in [2.24, 2.45) is 11.8 Å². The van der Waals surface area contributed by atoms with Gasteiger partial charge in [-0.1, -0.05) is 84.0 Å². The van der Waals surface area contributed by atoms with Gasteiger partial charge < -0.3 is 9.80 Å². The molecule has 0 aromatic carbocycles. The van der Waals surface area contributed by atoms with Crippen LogP contribution in [0, 0.1) is 11.8 Å². The van der Waals surface area contributed by atoms with E-state index in [-0.39, 0.29) is 5.91 Å². The molecule has 0 spiro atoms. The van der Waals surface area contributed by atoms with Crippen LogP contribution in [0.25, 0.3) is 0 Å². The van der Waals surface area contributed by atoms with Crippen LogP contribution in [0.2, 0.25) is 0 Å². The fraction of sp³-hybridized carbons (Fsp3) is 0.960. The lowest BCUT2D eigenvalue weighted by molar-refractivity contribution is -0.870. The Kier molecular flexibility index (Phi) is 13.9. The monoisotopic (exact) mass is 395 g/mol. The van der Waals surface area contributed by atoms with Crippen molar-refractivity contribution in [2.45, 2.75) is 110 Å². The molecule has 2 unspecified atom stereocenters. The van der Waals surface area contributed by atoms with E-state index in [0.717, 1.165) is 42.2 Å². The average molecular weight is 396 g/mol. The summed E-state index contributed by atoms with van der Waals surface area (Å²) >= 11 is 0. The summed E-state index contributed by atoms with van der Waals surface area (Å²) in [5.74, 6) is 2.39. The van der Waals surface area contributed by atoms with Gasteiger partial charge in [0, 0.05) is 19.4 Å². The van der Waals surface area contributed by atoms with Crippen LogP contribution in [-0.4, -0.2) is 44.6 Å². The average Bonchev–Trinajstić information content (AvgIpc) is 3.38. The normalized spacial score (nSPS) is 19.0. The third-order valence-corrected chi connectivity index (χ3v) is 6.30. The van der Waals surface area contributed by atoms with Gasteiger partial charge in [0.15, 0.2) is 0 Å². The summed E-state index contributed by atoms with van der Waals surface area (Å²) in [6, 6.07) is 0. The van der Waals surface area contributed by atoms with Gasteiger partial charge in [-0.25, -0.2) is 0 Å². The van der Waals surface area contributed by atoms with Crippen LogP contribution in [0.15, 0.2) is 0 Å². The summed E-state index contributed by atoms with van der Waals surface area (Å²) < 4.78 is 0.969. The summed E-state index contributed by atoms with van der Waals surface area (Å²) in [6.07, 6.45) is 21.3. The second-order valence-electron chi connectivity index (χ2n) is 10.3. The third-order valence-electron chi connectivity index (χ3n) is 6.30. The van der Waals surface area contributed by atoms with E-state index in [1.54, 1.807) is 0 Å². The molecule has 2 atom stereocenters. The molecule has 1 aliphatic rings. The molecule has 28 heavy (non-hydrogen) atoms. The topological polar surface area (TPSA) is 29.1 Å². The van der Waals surface area contributed by atoms with E-state index in [1.165, 1.54) is 83.5 Å². The van der Waals surface area contributed by atoms with Gasteiger partial charge in [-0.05, 0) is 24.7 Å². The Bertz CT molecular complexity index is 388. The van der Waals surface area contributed by atoms with Crippen LogP contribution >= 0.6 is 0 Å². The Morgan fingerprint density at radius 3 is 1.89 bits per heavy atom. The molecule has 166 valence electrons. The van der Waals surface area contributed by atoms with Gasteiger partial charge in [-0.3, -0.25) is 4.79 Å². The Morgan fingerprint density at radius 2 is 1.32 bits per heavy atom. The van der Waals surface area contributed by atoms with Crippen molar-refractivity contribution in [1.29, 1.82) is 0 Å². The lowest BCUT2D eigenvalue weighted by atomic mass is 10.0. The maximum absolute atomic E-state index is 11.8. The molecule has 1 aliphatic carbocycles. The molecule has 0 heterocycles. The molecule has 0 aromatic heterocycles. The zero-order chi connectivity index (χ0) is 20.7. The Labute approximate surface area is 176 Å². The SMILES string of the molecule is CCCCCCCCC1CC1CCCCCCCC(=O)NCCC[N+](C)(C)C. The van der Waals surface area contributed by atoms with Crippen molar-refractivity contribution in [3.63, 3.8) is 0 Å². The number of nitrogens with one attached hydrogen (secondary N) is 1. The molecule has 1 N–H and O–H groups in total. The van der Waals surface area contributed by atoms with E-state index < -0.39 is 0 Å². The highest BCUT2D eigenvalue weighted by atomic mass is 16.1. The zero-order valence-electron chi connectivity index (χ0n) is 19.7. The first-order valence-electron chi connectivity index (χ1n) is 12.5. The minimum atomic E-state index is 0.247. The second kappa shape index (κ2) is 15.3. The van der Waals surface area contributed by atoms with Crippen LogP contribution in [-0.2, 0) is 4.79 Å². The highest BCUT2D eigenvalue weighted by Crippen LogP contribution is 2.45. The minimum absolute atomic E-state index is 0.247. The van der Waals surface area contributed by atoms with Gasteiger partial charge in [-0.2, -0.15) is 0 Å². The first-order valence-corrected chi connectivity index (χ1v) is 12.5. The van der Waals surface area contributed by atoms with Gasteiger partial charge in [0.1, 0.15) is 0 Å². The van der Waals surface area contributed by atoms with E-state index in [9.17, 15) is 4.79 Å². The first kappa shape index (κ1) is 25.5. The smallest absolute Gasteiger partial charge is 0.219 e. The summed E-state index contributed by atoms with van der Waals surface area (Å²) in [4.78, 5) is 11.8. The fourth-order valence-corrected chi connectivity index (χ4v) is 4.30. The van der Waals surface area contributed by atoms with Crippen LogP contribution in [0.1, 0.15) is 110 Å². The number of quaternary nitrogens is 1. The lowest BCUT2D eigenvalue weighted by Gasteiger charge is -2.23. The van der Waals surface area contributed by atoms with Gasteiger partial charge >= 0.3 is 0 Å². The first-order chi connectivity index (χ1) is 13.4. The van der Waals surface area contributed by atoms with Gasteiger partial charge in [0.2, 0.25) is 5.91 Å². The molecule has 0 saturated heterocycles. The number of carbonyl (C=O) groups excluding carboxylic acids is 1. The Hall–Kier alpha value is -0.570. The molecule has 3 heteroatoms. The molecule has 0 bridgehead atoms. The van der Waals surface area contributed by atoms with Crippen molar-refractivity contribution in [3.05, 3.63) is 0 Å². The number of hydrogen-bond acceptors (Lipinski definition) is 1. The summed E-state index contributed by atoms with van der Waals surface area (Å²) in [6.45, 7) is 4.23. The van der Waals surface area contributed by atoms with Crippen molar-refractivity contribution < 1.29 is 9.28 Å². The standard InChI is InChI=1S/C25H50N2O/c1-5-6-7-8-10-13-17-23-22-24(23)18-14-11-9-12-15-19-25(28)26-20-16-21-27(2,3)4/h23-24H,5-22H2,1-4H3/p+1. The molecule has 0 aromatic rings. The highest BCUT2D eigenvalue weighted by molar-refractivity contribution is 5.75. The zero-order valence-corrected chi connectivity index (χ0v) is 19.7. The van der Waals surface area contributed by atoms with Crippen LogP contribution in [0.5, 0.6) is 0 Å². The fourth-order valence-electron chi connectivity index (χ4n) is 4.30. The van der Waals surface area contributed by atoms with Crippen molar-refractivity contribution in [3.8, 4) is 0 Å². The molecular weight excluding hydrogens is 344 g/mol. The van der Waals surface area contributed by atoms with Crippen molar-refractivity contribution in [1.82, 2.24) is 5.32 Å². The van der Waals surface area contributed by atoms with Gasteiger partial charge in [-0.15, -0.1) is 0 Å². The predicted octanol–water partition coefficient (Wildman–Crippen LogP) is 6.32. The van der Waals surface area contributed by atoms with Gasteiger partial charge in [0.25, 0.3) is 0 Å². The van der Waals surface area contributed by atoms with E-state index >= 15 is 0 Å². The molecule has 1 amide bonds. The second-order valence-corrected chi connectivity index (χ2v) is 10.3. The Balaban J connectivity index is 1.79. The largest absolute Gasteiger partial charge is 0.356 e. The van der Waals surface area contributed by atoms with Crippen LogP contribution < -0.4 is 5.32 Å². The maximum Gasteiger partial charge on any atom is 0.219 e. The number of hydrogen-bond donors (Lipinski definition) is 1. The highest BCUT2D eigenvalue weighted by Gasteiger charge is 2.34. The Morgan fingerprint density at radius 1 is 0.786 bits per heavy atom. The number of nitrogens with zero attached hydrogens (tertiary/aromatic N) is 1. The van der Waals surface area contributed by atoms with E-state index in [2.05, 4.69) is 33.4 Å². The maximum atomic E-state index is 11.8. The molecule has 1 saturated carbocycles. The number of unbranched alkanes of at least 4 members (excludes halogenated alkanes) is 9. The van der Waals surface area contributed by atoms with Gasteiger partial charge in [0.05, 0.1) is 27.7 Å². The quantitative estimate of drug-likeness (QED) is 0.201. The summed E-state index contributed by atoms with van der Waals surface area (Å²) in [5, 5.41) is 3.07. The van der Waals surface area contributed by atoms with Crippen LogP contribution in [0.4, 0.5) is 0 Å². The van der Waals surface area contributed by atoms with Crippen molar-refractivity contribution in [2.75, 3.05) is 34.2 Å². The van der Waals surface area contributed by atoms with E-state index in [4.69, 9.17) is 0 Å². The van der Waals surface area contributed by atoms with E-state index in [0.29, 0.717) is 6.42 Å². The molecular formula is C25H51N2O+. The lowest BCUT2D eigenvalue weighted by Crippen LogP contribution is -2.37. The molecule has 0 radical (unpaired) electrons. The van der Waals surface area contributed by atoms with Crippen LogP contribution in [0.3, 0.4) is 0 Å². The molecule has 3 nitrogen and oxygen atoms in total.